The normalized spacial score (nSPS) is 11.7. The van der Waals surface area contributed by atoms with Gasteiger partial charge in [-0.2, -0.15) is 0 Å². The maximum atomic E-state index is 12.2. The number of anilines is 1. The van der Waals surface area contributed by atoms with E-state index in [2.05, 4.69) is 9.71 Å². The van der Waals surface area contributed by atoms with Crippen LogP contribution in [0.15, 0.2) is 54.9 Å². The highest BCUT2D eigenvalue weighted by molar-refractivity contribution is 7.92. The first kappa shape index (κ1) is 15.6. The van der Waals surface area contributed by atoms with E-state index in [1.807, 2.05) is 48.0 Å². The molecule has 1 aromatic heterocycles. The number of nitrogens with zero attached hydrogens (tertiary/aromatic N) is 2. The monoisotopic (exact) mass is 329 g/mol. The molecule has 23 heavy (non-hydrogen) atoms. The average molecular weight is 329 g/mol. The number of aromatic nitrogens is 2. The van der Waals surface area contributed by atoms with Crippen molar-refractivity contribution in [2.75, 3.05) is 10.5 Å². The molecule has 0 radical (unpaired) electrons. The molecule has 0 spiro atoms. The lowest BCUT2D eigenvalue weighted by molar-refractivity contribution is 0.598. The summed E-state index contributed by atoms with van der Waals surface area (Å²) in [5, 5.41) is 0. The number of hydrogen-bond donors (Lipinski definition) is 1. The fraction of sp³-hybridized carbons (Fsp3) is 0.235. The standard InChI is InChI=1S/C17H19N3O2S/c1-20-13-18-16-12-15(9-10-17(16)20)19-23(21,22)11-5-8-14-6-3-2-4-7-14/h2-4,6-7,9-10,12-13,19H,5,8,11H2,1H3. The molecular formula is C17H19N3O2S. The van der Waals surface area contributed by atoms with Crippen LogP contribution in [0.25, 0.3) is 11.0 Å². The van der Waals surface area contributed by atoms with Crippen molar-refractivity contribution in [2.45, 2.75) is 12.8 Å². The van der Waals surface area contributed by atoms with Crippen molar-refractivity contribution in [3.05, 3.63) is 60.4 Å². The largest absolute Gasteiger partial charge is 0.334 e. The molecular weight excluding hydrogens is 310 g/mol. The van der Waals surface area contributed by atoms with E-state index in [0.717, 1.165) is 23.0 Å². The summed E-state index contributed by atoms with van der Waals surface area (Å²) in [6.45, 7) is 0. The highest BCUT2D eigenvalue weighted by Gasteiger charge is 2.11. The summed E-state index contributed by atoms with van der Waals surface area (Å²) >= 11 is 0. The Balaban J connectivity index is 1.62. The fourth-order valence-electron chi connectivity index (χ4n) is 2.54. The zero-order valence-corrected chi connectivity index (χ0v) is 13.8. The smallest absolute Gasteiger partial charge is 0.232 e. The quantitative estimate of drug-likeness (QED) is 0.756. The van der Waals surface area contributed by atoms with Gasteiger partial charge in [0.05, 0.1) is 28.8 Å². The van der Waals surface area contributed by atoms with Crippen LogP contribution in [-0.4, -0.2) is 23.7 Å². The Labute approximate surface area is 136 Å². The summed E-state index contributed by atoms with van der Waals surface area (Å²) in [6, 6.07) is 15.3. The lowest BCUT2D eigenvalue weighted by Gasteiger charge is -2.08. The molecule has 1 heterocycles. The number of imidazole rings is 1. The number of benzene rings is 2. The molecule has 6 heteroatoms. The van der Waals surface area contributed by atoms with E-state index < -0.39 is 10.0 Å². The second-order valence-corrected chi connectivity index (χ2v) is 7.41. The third-order valence-corrected chi connectivity index (χ3v) is 5.09. The zero-order chi connectivity index (χ0) is 16.3. The lowest BCUT2D eigenvalue weighted by atomic mass is 10.1. The SMILES string of the molecule is Cn1cnc2cc(NS(=O)(=O)CCCc3ccccc3)ccc21. The van der Waals surface area contributed by atoms with Crippen LogP contribution in [0, 0.1) is 0 Å². The maximum Gasteiger partial charge on any atom is 0.232 e. The van der Waals surface area contributed by atoms with Crippen LogP contribution in [0.5, 0.6) is 0 Å². The summed E-state index contributed by atoms with van der Waals surface area (Å²) < 4.78 is 28.9. The molecule has 0 aliphatic carbocycles. The van der Waals surface area contributed by atoms with E-state index in [1.54, 1.807) is 18.5 Å². The molecule has 2 aromatic carbocycles. The molecule has 3 rings (SSSR count). The minimum atomic E-state index is -3.35. The van der Waals surface area contributed by atoms with E-state index in [0.29, 0.717) is 12.1 Å². The minimum Gasteiger partial charge on any atom is -0.334 e. The van der Waals surface area contributed by atoms with Crippen molar-refractivity contribution in [2.24, 2.45) is 7.05 Å². The summed E-state index contributed by atoms with van der Waals surface area (Å²) in [7, 11) is -1.45. The molecule has 0 aliphatic rings. The summed E-state index contributed by atoms with van der Waals surface area (Å²) in [4.78, 5) is 4.24. The molecule has 0 saturated heterocycles. The number of hydrogen-bond acceptors (Lipinski definition) is 3. The van der Waals surface area contributed by atoms with Crippen molar-refractivity contribution < 1.29 is 8.42 Å². The van der Waals surface area contributed by atoms with Gasteiger partial charge in [-0.05, 0) is 36.6 Å². The molecule has 120 valence electrons. The second kappa shape index (κ2) is 6.42. The lowest BCUT2D eigenvalue weighted by Crippen LogP contribution is -2.17. The molecule has 0 saturated carbocycles. The molecule has 0 amide bonds. The summed E-state index contributed by atoms with van der Waals surface area (Å²) in [5.74, 6) is 0.0994. The highest BCUT2D eigenvalue weighted by atomic mass is 32.2. The minimum absolute atomic E-state index is 0.0994. The topological polar surface area (TPSA) is 64.0 Å². The summed E-state index contributed by atoms with van der Waals surface area (Å²) in [5.41, 5.74) is 3.45. The highest BCUT2D eigenvalue weighted by Crippen LogP contribution is 2.18. The van der Waals surface area contributed by atoms with Crippen molar-refractivity contribution in [1.29, 1.82) is 0 Å². The first-order chi connectivity index (χ1) is 11.0. The molecule has 0 unspecified atom stereocenters. The number of fused-ring (bicyclic) bond motifs is 1. The van der Waals surface area contributed by atoms with Crippen LogP contribution in [0.1, 0.15) is 12.0 Å². The van der Waals surface area contributed by atoms with Crippen LogP contribution in [0.3, 0.4) is 0 Å². The Kier molecular flexibility index (Phi) is 4.34. The van der Waals surface area contributed by atoms with Gasteiger partial charge in [-0.25, -0.2) is 13.4 Å². The second-order valence-electron chi connectivity index (χ2n) is 5.57. The Morgan fingerprint density at radius 1 is 1.13 bits per heavy atom. The van der Waals surface area contributed by atoms with Crippen molar-refractivity contribution >= 4 is 26.7 Å². The van der Waals surface area contributed by atoms with Gasteiger partial charge >= 0.3 is 0 Å². The molecule has 0 atom stereocenters. The molecule has 5 nitrogen and oxygen atoms in total. The van der Waals surface area contributed by atoms with Crippen LogP contribution < -0.4 is 4.72 Å². The molecule has 0 fully saturated rings. The Bertz CT molecular complexity index is 902. The molecule has 0 aliphatic heterocycles. The van der Waals surface area contributed by atoms with Crippen molar-refractivity contribution in [1.82, 2.24) is 9.55 Å². The number of aryl methyl sites for hydroxylation is 2. The third-order valence-electron chi connectivity index (χ3n) is 3.72. The fourth-order valence-corrected chi connectivity index (χ4v) is 3.65. The molecule has 3 aromatic rings. The van der Waals surface area contributed by atoms with Gasteiger partial charge in [-0.15, -0.1) is 0 Å². The Hall–Kier alpha value is -2.34. The molecule has 1 N–H and O–H groups in total. The molecule has 0 bridgehead atoms. The number of rotatable bonds is 6. The van der Waals surface area contributed by atoms with E-state index in [4.69, 9.17) is 0 Å². The number of nitrogens with one attached hydrogen (secondary N) is 1. The van der Waals surface area contributed by atoms with Gasteiger partial charge in [-0.3, -0.25) is 4.72 Å². The van der Waals surface area contributed by atoms with Gasteiger partial charge in [-0.1, -0.05) is 30.3 Å². The Morgan fingerprint density at radius 2 is 1.91 bits per heavy atom. The van der Waals surface area contributed by atoms with Crippen LogP contribution in [0.4, 0.5) is 5.69 Å². The predicted octanol–water partition coefficient (Wildman–Crippen LogP) is 2.95. The van der Waals surface area contributed by atoms with Gasteiger partial charge in [0.25, 0.3) is 0 Å². The van der Waals surface area contributed by atoms with Crippen molar-refractivity contribution in [3.8, 4) is 0 Å². The van der Waals surface area contributed by atoms with Crippen LogP contribution in [-0.2, 0) is 23.5 Å². The maximum absolute atomic E-state index is 12.2. The van der Waals surface area contributed by atoms with E-state index >= 15 is 0 Å². The van der Waals surface area contributed by atoms with Crippen molar-refractivity contribution in [3.63, 3.8) is 0 Å². The third kappa shape index (κ3) is 3.90. The average Bonchev–Trinajstić information content (AvgIpc) is 2.88. The predicted molar refractivity (Wildman–Crippen MR) is 92.9 cm³/mol. The first-order valence-electron chi connectivity index (χ1n) is 7.49. The van der Waals surface area contributed by atoms with E-state index in [1.165, 1.54) is 0 Å². The van der Waals surface area contributed by atoms with E-state index in [-0.39, 0.29) is 5.75 Å². The van der Waals surface area contributed by atoms with Gasteiger partial charge in [0.2, 0.25) is 10.0 Å². The van der Waals surface area contributed by atoms with Gasteiger partial charge < -0.3 is 4.57 Å². The van der Waals surface area contributed by atoms with Gasteiger partial charge in [0, 0.05) is 7.05 Å². The summed E-state index contributed by atoms with van der Waals surface area (Å²) in [6.07, 6.45) is 3.05. The Morgan fingerprint density at radius 3 is 2.70 bits per heavy atom. The number of sulfonamides is 1. The van der Waals surface area contributed by atoms with Crippen LogP contribution >= 0.6 is 0 Å². The van der Waals surface area contributed by atoms with Crippen LogP contribution in [0.2, 0.25) is 0 Å². The van der Waals surface area contributed by atoms with Gasteiger partial charge in [0.15, 0.2) is 0 Å². The zero-order valence-electron chi connectivity index (χ0n) is 12.9. The van der Waals surface area contributed by atoms with E-state index in [9.17, 15) is 8.42 Å². The van der Waals surface area contributed by atoms with Gasteiger partial charge in [0.1, 0.15) is 0 Å². The first-order valence-corrected chi connectivity index (χ1v) is 9.14.